The van der Waals surface area contributed by atoms with E-state index in [-0.39, 0.29) is 33.2 Å². The molecule has 0 spiro atoms. The lowest BCUT2D eigenvalue weighted by Gasteiger charge is -2.11. The molecule has 3 rings (SSSR count). The van der Waals surface area contributed by atoms with E-state index in [4.69, 9.17) is 11.6 Å². The number of sulfonamides is 1. The minimum Gasteiger partial charge on any atom is -0.278 e. The van der Waals surface area contributed by atoms with E-state index in [9.17, 15) is 22.4 Å². The van der Waals surface area contributed by atoms with Gasteiger partial charge in [-0.15, -0.1) is 0 Å². The first-order valence-corrected chi connectivity index (χ1v) is 10.8. The monoisotopic (exact) mass is 461 g/mol. The second-order valence-electron chi connectivity index (χ2n) is 6.38. The maximum absolute atomic E-state index is 13.6. The Labute approximate surface area is 183 Å². The summed E-state index contributed by atoms with van der Waals surface area (Å²) in [6.07, 6.45) is -0.275. The highest BCUT2D eigenvalue weighted by Gasteiger charge is 2.18. The summed E-state index contributed by atoms with van der Waals surface area (Å²) in [5.41, 5.74) is 4.71. The highest BCUT2D eigenvalue weighted by Crippen LogP contribution is 2.24. The van der Waals surface area contributed by atoms with Gasteiger partial charge in [0.2, 0.25) is 5.91 Å². The van der Waals surface area contributed by atoms with Crippen LogP contribution in [0.2, 0.25) is 5.02 Å². The molecule has 7 nitrogen and oxygen atoms in total. The number of carbonyl (C=O) groups excluding carboxylic acids is 2. The molecule has 2 amide bonds. The Balaban J connectivity index is 1.66. The summed E-state index contributed by atoms with van der Waals surface area (Å²) in [4.78, 5) is 24.1. The molecule has 0 saturated heterocycles. The number of benzene rings is 3. The summed E-state index contributed by atoms with van der Waals surface area (Å²) >= 11 is 5.98. The lowest BCUT2D eigenvalue weighted by atomic mass is 10.1. The Morgan fingerprint density at radius 2 is 1.61 bits per heavy atom. The van der Waals surface area contributed by atoms with Gasteiger partial charge in [-0.3, -0.25) is 25.2 Å². The zero-order valence-corrected chi connectivity index (χ0v) is 17.5. The molecule has 3 aromatic rings. The Morgan fingerprint density at radius 3 is 2.35 bits per heavy atom. The number of hydrogen-bond acceptors (Lipinski definition) is 4. The molecule has 0 aliphatic rings. The Kier molecular flexibility index (Phi) is 6.88. The van der Waals surface area contributed by atoms with E-state index in [1.54, 1.807) is 18.2 Å². The zero-order chi connectivity index (χ0) is 22.4. The maximum atomic E-state index is 13.6. The highest BCUT2D eigenvalue weighted by molar-refractivity contribution is 7.92. The average Bonchev–Trinajstić information content (AvgIpc) is 2.75. The van der Waals surface area contributed by atoms with Gasteiger partial charge in [-0.1, -0.05) is 48.0 Å². The predicted octanol–water partition coefficient (Wildman–Crippen LogP) is 3.28. The molecule has 0 unspecified atom stereocenters. The van der Waals surface area contributed by atoms with Crippen molar-refractivity contribution in [1.29, 1.82) is 0 Å². The Hall–Kier alpha value is -3.43. The van der Waals surface area contributed by atoms with Crippen molar-refractivity contribution >= 4 is 39.1 Å². The lowest BCUT2D eigenvalue weighted by molar-refractivity contribution is -0.121. The predicted molar refractivity (Wildman–Crippen MR) is 114 cm³/mol. The van der Waals surface area contributed by atoms with Gasteiger partial charge in [0.25, 0.3) is 15.9 Å². The van der Waals surface area contributed by atoms with Crippen molar-refractivity contribution < 1.29 is 22.4 Å². The van der Waals surface area contributed by atoms with Gasteiger partial charge < -0.3 is 0 Å². The minimum atomic E-state index is -4.01. The number of halogens is 2. The zero-order valence-electron chi connectivity index (χ0n) is 15.9. The Morgan fingerprint density at radius 1 is 0.903 bits per heavy atom. The van der Waals surface area contributed by atoms with E-state index in [0.717, 1.165) is 6.07 Å². The molecule has 31 heavy (non-hydrogen) atoms. The number of carbonyl (C=O) groups is 2. The Bertz CT molecular complexity index is 1230. The van der Waals surface area contributed by atoms with Crippen molar-refractivity contribution in [3.05, 3.63) is 94.8 Å². The first-order valence-electron chi connectivity index (χ1n) is 8.96. The van der Waals surface area contributed by atoms with Gasteiger partial charge in [-0.25, -0.2) is 12.8 Å². The van der Waals surface area contributed by atoms with E-state index < -0.39 is 27.7 Å². The van der Waals surface area contributed by atoms with Crippen molar-refractivity contribution in [3.8, 4) is 0 Å². The second kappa shape index (κ2) is 9.59. The fourth-order valence-electron chi connectivity index (χ4n) is 2.61. The van der Waals surface area contributed by atoms with Gasteiger partial charge in [-0.2, -0.15) is 0 Å². The van der Waals surface area contributed by atoms with Gasteiger partial charge in [0.05, 0.1) is 22.0 Å². The molecule has 3 aromatic carbocycles. The second-order valence-corrected chi connectivity index (χ2v) is 8.47. The van der Waals surface area contributed by atoms with Crippen LogP contribution in [0.25, 0.3) is 0 Å². The lowest BCUT2D eigenvalue weighted by Crippen LogP contribution is -2.42. The molecular weight excluding hydrogens is 445 g/mol. The van der Waals surface area contributed by atoms with Crippen LogP contribution in [0.15, 0.2) is 77.7 Å². The van der Waals surface area contributed by atoms with E-state index in [1.165, 1.54) is 48.5 Å². The largest absolute Gasteiger partial charge is 0.278 e. The summed E-state index contributed by atoms with van der Waals surface area (Å²) in [6, 6.07) is 17.3. The van der Waals surface area contributed by atoms with Crippen LogP contribution in [-0.4, -0.2) is 20.2 Å². The molecule has 0 heterocycles. The molecule has 10 heteroatoms. The van der Waals surface area contributed by atoms with E-state index >= 15 is 0 Å². The summed E-state index contributed by atoms with van der Waals surface area (Å²) in [6.45, 7) is 0. The van der Waals surface area contributed by atoms with E-state index in [0.29, 0.717) is 0 Å². The third-order valence-corrected chi connectivity index (χ3v) is 5.84. The molecule has 0 fully saturated rings. The van der Waals surface area contributed by atoms with Gasteiger partial charge in [0.1, 0.15) is 5.82 Å². The van der Waals surface area contributed by atoms with E-state index in [2.05, 4.69) is 15.6 Å². The van der Waals surface area contributed by atoms with Gasteiger partial charge in [0.15, 0.2) is 0 Å². The van der Waals surface area contributed by atoms with Crippen LogP contribution >= 0.6 is 11.6 Å². The van der Waals surface area contributed by atoms with Crippen LogP contribution in [0.4, 0.5) is 10.1 Å². The third kappa shape index (κ3) is 5.80. The van der Waals surface area contributed by atoms with Crippen LogP contribution in [0.3, 0.4) is 0 Å². The van der Waals surface area contributed by atoms with Crippen molar-refractivity contribution in [2.75, 3.05) is 4.72 Å². The first kappa shape index (κ1) is 22.3. The number of hydrogen-bond donors (Lipinski definition) is 3. The minimum absolute atomic E-state index is 0.00627. The quantitative estimate of drug-likeness (QED) is 0.490. The van der Waals surface area contributed by atoms with Crippen molar-refractivity contribution in [2.45, 2.75) is 11.3 Å². The molecular formula is C21H17ClFN3O4S. The van der Waals surface area contributed by atoms with Crippen molar-refractivity contribution in [3.63, 3.8) is 0 Å². The normalized spacial score (nSPS) is 10.9. The van der Waals surface area contributed by atoms with Crippen LogP contribution in [0.1, 0.15) is 15.9 Å². The molecule has 0 bridgehead atoms. The molecule has 0 saturated carbocycles. The number of anilines is 1. The smallest absolute Gasteiger partial charge is 0.269 e. The molecule has 0 aliphatic carbocycles. The molecule has 160 valence electrons. The van der Waals surface area contributed by atoms with Crippen LogP contribution in [0, 0.1) is 5.82 Å². The fourth-order valence-corrected chi connectivity index (χ4v) is 3.97. The molecule has 3 N–H and O–H groups in total. The molecule has 0 aliphatic heterocycles. The summed E-state index contributed by atoms with van der Waals surface area (Å²) in [5, 5.41) is 0.220. The summed E-state index contributed by atoms with van der Waals surface area (Å²) < 4.78 is 41.2. The summed E-state index contributed by atoms with van der Waals surface area (Å²) in [7, 11) is -4.01. The van der Waals surface area contributed by atoms with Crippen LogP contribution < -0.4 is 15.6 Å². The number of nitrogens with one attached hydrogen (secondary N) is 3. The highest BCUT2D eigenvalue weighted by atomic mass is 35.5. The number of amides is 2. The molecule has 0 atom stereocenters. The molecule has 0 radical (unpaired) electrons. The average molecular weight is 462 g/mol. The van der Waals surface area contributed by atoms with Gasteiger partial charge in [-0.05, 0) is 42.0 Å². The standard InChI is InChI=1S/C21H17ClFN3O4S/c22-17-9-2-4-11-19(17)26-31(29,30)16-8-5-7-15(12-16)21(28)25-24-20(27)13-14-6-1-3-10-18(14)23/h1-12,26H,13H2,(H,24,27)(H,25,28). The first-order chi connectivity index (χ1) is 14.8. The SMILES string of the molecule is O=C(Cc1ccccc1F)NNC(=O)c1cccc(S(=O)(=O)Nc2ccccc2Cl)c1. The summed E-state index contributed by atoms with van der Waals surface area (Å²) in [5.74, 6) is -1.91. The van der Waals surface area contributed by atoms with Crippen LogP contribution in [-0.2, 0) is 21.2 Å². The maximum Gasteiger partial charge on any atom is 0.269 e. The fraction of sp³-hybridized carbons (Fsp3) is 0.0476. The van der Waals surface area contributed by atoms with Crippen molar-refractivity contribution in [1.82, 2.24) is 10.9 Å². The number of para-hydroxylation sites is 1. The number of hydrazine groups is 1. The number of rotatable bonds is 6. The molecule has 0 aromatic heterocycles. The van der Waals surface area contributed by atoms with Crippen molar-refractivity contribution in [2.24, 2.45) is 0 Å². The van der Waals surface area contributed by atoms with Gasteiger partial charge >= 0.3 is 0 Å². The van der Waals surface area contributed by atoms with Gasteiger partial charge in [0, 0.05) is 5.56 Å². The third-order valence-electron chi connectivity index (χ3n) is 4.15. The topological polar surface area (TPSA) is 104 Å². The van der Waals surface area contributed by atoms with Crippen LogP contribution in [0.5, 0.6) is 0 Å². The van der Waals surface area contributed by atoms with E-state index in [1.807, 2.05) is 0 Å².